The molecule has 74 valence electrons. The number of nitrogens with two attached hydrogens (primary N) is 1. The van der Waals surface area contributed by atoms with Crippen molar-refractivity contribution >= 4 is 29.3 Å². The maximum Gasteiger partial charge on any atom is 0.185 e. The molecule has 0 aromatic rings. The summed E-state index contributed by atoms with van der Waals surface area (Å²) in [5.41, 5.74) is 5.33. The van der Waals surface area contributed by atoms with Crippen LogP contribution in [-0.2, 0) is 4.79 Å². The zero-order valence-corrected chi connectivity index (χ0v) is 9.18. The Morgan fingerprint density at radius 3 is 2.33 bits per heavy atom. The van der Waals surface area contributed by atoms with Gasteiger partial charge in [0, 0.05) is 12.7 Å². The van der Waals surface area contributed by atoms with Gasteiger partial charge in [0.1, 0.15) is 0 Å². The maximum absolute atomic E-state index is 10.5. The first kappa shape index (κ1) is 14.8. The Hall–Kier alpha value is 0.270. The summed E-state index contributed by atoms with van der Waals surface area (Å²) in [4.78, 5) is 10.5. The Bertz CT molecular complexity index is 111. The Morgan fingerprint density at radius 2 is 1.83 bits per heavy atom. The third-order valence-electron chi connectivity index (χ3n) is 1.40. The predicted octanol–water partition coefficient (Wildman–Crippen LogP) is 2.21. The van der Waals surface area contributed by atoms with Crippen molar-refractivity contribution in [3.8, 4) is 0 Å². The monoisotopic (exact) mass is 211 g/mol. The van der Waals surface area contributed by atoms with Crippen LogP contribution in [0.5, 0.6) is 0 Å². The second-order valence-corrected chi connectivity index (χ2v) is 3.81. The van der Waals surface area contributed by atoms with Gasteiger partial charge in [-0.05, 0) is 19.4 Å². The molecule has 2 nitrogen and oxygen atoms in total. The predicted molar refractivity (Wildman–Crippen MR) is 57.9 cm³/mol. The summed E-state index contributed by atoms with van der Waals surface area (Å²) in [5.74, 6) is 0.972. The van der Waals surface area contributed by atoms with Crippen molar-refractivity contribution in [1.29, 1.82) is 0 Å². The normalized spacial score (nSPS) is 9.17. The van der Waals surface area contributed by atoms with E-state index in [0.29, 0.717) is 0 Å². The molecule has 0 aromatic carbocycles. The molecule has 0 amide bonds. The molecular formula is C8H18ClNOS. The number of carbonyl (C=O) groups is 1. The van der Waals surface area contributed by atoms with Crippen molar-refractivity contribution in [2.24, 2.45) is 5.73 Å². The average molecular weight is 212 g/mol. The fourth-order valence-electron chi connectivity index (χ4n) is 0.816. The summed E-state index contributed by atoms with van der Waals surface area (Å²) in [6.07, 6.45) is 4.67. The first-order chi connectivity index (χ1) is 5.27. The molecule has 0 saturated carbocycles. The lowest BCUT2D eigenvalue weighted by atomic mass is 10.2. The van der Waals surface area contributed by atoms with Crippen LogP contribution in [0.15, 0.2) is 0 Å². The minimum atomic E-state index is 0. The van der Waals surface area contributed by atoms with Gasteiger partial charge in [0.2, 0.25) is 0 Å². The van der Waals surface area contributed by atoms with E-state index >= 15 is 0 Å². The summed E-state index contributed by atoms with van der Waals surface area (Å²) in [6, 6.07) is 0. The van der Waals surface area contributed by atoms with Crippen LogP contribution in [0.2, 0.25) is 0 Å². The maximum atomic E-state index is 10.5. The molecule has 0 aliphatic rings. The fourth-order valence-corrected chi connectivity index (χ4v) is 1.45. The summed E-state index contributed by atoms with van der Waals surface area (Å²) in [7, 11) is 0. The van der Waals surface area contributed by atoms with Crippen LogP contribution in [0.4, 0.5) is 0 Å². The molecule has 2 N–H and O–H groups in total. The molecule has 0 radical (unpaired) electrons. The van der Waals surface area contributed by atoms with Gasteiger partial charge < -0.3 is 5.73 Å². The highest BCUT2D eigenvalue weighted by atomic mass is 35.5. The first-order valence-electron chi connectivity index (χ1n) is 4.11. The topological polar surface area (TPSA) is 43.1 Å². The zero-order chi connectivity index (χ0) is 8.53. The van der Waals surface area contributed by atoms with Crippen LogP contribution < -0.4 is 5.73 Å². The van der Waals surface area contributed by atoms with Crippen LogP contribution >= 0.6 is 24.2 Å². The Morgan fingerprint density at radius 1 is 1.25 bits per heavy atom. The SMILES string of the molecule is CC(=O)SCCCCCCN.Cl. The van der Waals surface area contributed by atoms with E-state index in [1.54, 1.807) is 6.92 Å². The lowest BCUT2D eigenvalue weighted by Crippen LogP contribution is -1.97. The van der Waals surface area contributed by atoms with E-state index < -0.39 is 0 Å². The van der Waals surface area contributed by atoms with Gasteiger partial charge in [-0.2, -0.15) is 0 Å². The lowest BCUT2D eigenvalue weighted by Gasteiger charge is -1.97. The Labute approximate surface area is 85.1 Å². The van der Waals surface area contributed by atoms with E-state index in [-0.39, 0.29) is 17.5 Å². The molecule has 0 heterocycles. The van der Waals surface area contributed by atoms with Gasteiger partial charge in [0.05, 0.1) is 0 Å². The van der Waals surface area contributed by atoms with Gasteiger partial charge in [-0.1, -0.05) is 24.6 Å². The third-order valence-corrected chi connectivity index (χ3v) is 2.30. The average Bonchev–Trinajstić information content (AvgIpc) is 1.96. The number of thioether (sulfide) groups is 1. The van der Waals surface area contributed by atoms with Gasteiger partial charge in [-0.15, -0.1) is 12.4 Å². The van der Waals surface area contributed by atoms with Crippen LogP contribution in [0, 0.1) is 0 Å². The van der Waals surface area contributed by atoms with E-state index in [1.165, 1.54) is 24.6 Å². The Balaban J connectivity index is 0. The van der Waals surface area contributed by atoms with E-state index in [2.05, 4.69) is 0 Å². The summed E-state index contributed by atoms with van der Waals surface area (Å²) in [5, 5.41) is 0.226. The van der Waals surface area contributed by atoms with E-state index in [1.807, 2.05) is 0 Å². The molecule has 12 heavy (non-hydrogen) atoms. The molecule has 0 unspecified atom stereocenters. The molecular weight excluding hydrogens is 194 g/mol. The van der Waals surface area contributed by atoms with Crippen LogP contribution in [0.1, 0.15) is 32.6 Å². The molecule has 0 rings (SSSR count). The Kier molecular flexibility index (Phi) is 13.9. The minimum absolute atomic E-state index is 0. The smallest absolute Gasteiger partial charge is 0.185 e. The highest BCUT2D eigenvalue weighted by Crippen LogP contribution is 2.07. The number of carbonyl (C=O) groups excluding carboxylic acids is 1. The molecule has 0 saturated heterocycles. The highest BCUT2D eigenvalue weighted by molar-refractivity contribution is 8.13. The fraction of sp³-hybridized carbons (Fsp3) is 0.875. The van der Waals surface area contributed by atoms with E-state index in [4.69, 9.17) is 5.73 Å². The zero-order valence-electron chi connectivity index (χ0n) is 7.54. The van der Waals surface area contributed by atoms with Crippen LogP contribution in [-0.4, -0.2) is 17.4 Å². The number of hydrogen-bond acceptors (Lipinski definition) is 3. The number of unbranched alkanes of at least 4 members (excludes halogenated alkanes) is 3. The molecule has 0 fully saturated rings. The first-order valence-corrected chi connectivity index (χ1v) is 5.09. The molecule has 4 heteroatoms. The number of halogens is 1. The van der Waals surface area contributed by atoms with Crippen molar-refractivity contribution in [2.75, 3.05) is 12.3 Å². The minimum Gasteiger partial charge on any atom is -0.330 e. The molecule has 0 aromatic heterocycles. The lowest BCUT2D eigenvalue weighted by molar-refractivity contribution is -0.109. The number of hydrogen-bond donors (Lipinski definition) is 1. The van der Waals surface area contributed by atoms with Gasteiger partial charge >= 0.3 is 0 Å². The molecule has 0 bridgehead atoms. The van der Waals surface area contributed by atoms with Gasteiger partial charge in [-0.25, -0.2) is 0 Å². The molecule has 0 aliphatic carbocycles. The van der Waals surface area contributed by atoms with Crippen molar-refractivity contribution in [1.82, 2.24) is 0 Å². The second-order valence-electron chi connectivity index (χ2n) is 2.54. The van der Waals surface area contributed by atoms with E-state index in [9.17, 15) is 4.79 Å². The highest BCUT2D eigenvalue weighted by Gasteiger charge is 1.93. The van der Waals surface area contributed by atoms with Gasteiger partial charge in [0.25, 0.3) is 0 Å². The van der Waals surface area contributed by atoms with Crippen molar-refractivity contribution in [3.63, 3.8) is 0 Å². The van der Waals surface area contributed by atoms with Gasteiger partial charge in [0.15, 0.2) is 5.12 Å². The summed E-state index contributed by atoms with van der Waals surface area (Å²) < 4.78 is 0. The molecule has 0 spiro atoms. The van der Waals surface area contributed by atoms with E-state index in [0.717, 1.165) is 25.1 Å². The van der Waals surface area contributed by atoms with Crippen molar-refractivity contribution < 1.29 is 4.79 Å². The number of rotatable bonds is 6. The molecule has 0 aliphatic heterocycles. The van der Waals surface area contributed by atoms with Crippen molar-refractivity contribution in [2.45, 2.75) is 32.6 Å². The van der Waals surface area contributed by atoms with Crippen molar-refractivity contribution in [3.05, 3.63) is 0 Å². The van der Waals surface area contributed by atoms with Crippen LogP contribution in [0.25, 0.3) is 0 Å². The van der Waals surface area contributed by atoms with Gasteiger partial charge in [-0.3, -0.25) is 4.79 Å². The third kappa shape index (κ3) is 12.9. The summed E-state index contributed by atoms with van der Waals surface area (Å²) >= 11 is 1.42. The quantitative estimate of drug-likeness (QED) is 0.686. The standard InChI is InChI=1S/C8H17NOS.ClH/c1-8(10)11-7-5-3-2-4-6-9;/h2-7,9H2,1H3;1H. The largest absolute Gasteiger partial charge is 0.330 e. The second kappa shape index (κ2) is 11.3. The van der Waals surface area contributed by atoms with Crippen LogP contribution in [0.3, 0.4) is 0 Å². The summed E-state index contributed by atoms with van der Waals surface area (Å²) in [6.45, 7) is 2.41. The molecule has 0 atom stereocenters.